The summed E-state index contributed by atoms with van der Waals surface area (Å²) < 4.78 is 6.17. The lowest BCUT2D eigenvalue weighted by Crippen LogP contribution is -2.64. The first-order valence-electron chi connectivity index (χ1n) is 16.1. The minimum Gasteiger partial charge on any atom is -0.394 e. The predicted molar refractivity (Wildman–Crippen MR) is 152 cm³/mol. The Hall–Kier alpha value is -0.500. The van der Waals surface area contributed by atoms with Crippen LogP contribution >= 0.6 is 0 Å². The van der Waals surface area contributed by atoms with Gasteiger partial charge in [-0.1, -0.05) is 65.5 Å². The maximum Gasteiger partial charge on any atom is 0.111 e. The van der Waals surface area contributed by atoms with Crippen molar-refractivity contribution in [2.75, 3.05) is 6.61 Å². The van der Waals surface area contributed by atoms with Crippen LogP contribution in [0.25, 0.3) is 0 Å². The summed E-state index contributed by atoms with van der Waals surface area (Å²) in [5.41, 5.74) is 1.40. The number of aliphatic hydroxyl groups excluding tert-OH is 5. The smallest absolute Gasteiger partial charge is 0.111 e. The van der Waals surface area contributed by atoms with Crippen molar-refractivity contribution < 1.29 is 30.3 Å². The van der Waals surface area contributed by atoms with Crippen molar-refractivity contribution in [1.82, 2.24) is 0 Å². The van der Waals surface area contributed by atoms with Crippen LogP contribution < -0.4 is 0 Å². The average molecular weight is 549 g/mol. The molecule has 14 atom stereocenters. The summed E-state index contributed by atoms with van der Waals surface area (Å²) in [7, 11) is 0. The Kier molecular flexibility index (Phi) is 8.68. The van der Waals surface area contributed by atoms with Crippen molar-refractivity contribution in [3.8, 4) is 0 Å². The van der Waals surface area contributed by atoms with Gasteiger partial charge in [-0.3, -0.25) is 0 Å². The van der Waals surface area contributed by atoms with Crippen LogP contribution in [0.2, 0.25) is 0 Å². The van der Waals surface area contributed by atoms with E-state index in [1.54, 1.807) is 0 Å². The minimum absolute atomic E-state index is 0.192. The Morgan fingerprint density at radius 1 is 0.923 bits per heavy atom. The molecule has 0 radical (unpaired) electrons. The van der Waals surface area contributed by atoms with Crippen molar-refractivity contribution in [3.63, 3.8) is 0 Å². The summed E-state index contributed by atoms with van der Waals surface area (Å²) in [5.74, 6) is 3.82. The second kappa shape index (κ2) is 11.3. The molecule has 0 aromatic rings. The van der Waals surface area contributed by atoms with Gasteiger partial charge in [-0.05, 0) is 97.2 Å². The third-order valence-corrected chi connectivity index (χ3v) is 12.8. The molecule has 1 aliphatic heterocycles. The highest BCUT2D eigenvalue weighted by Crippen LogP contribution is 2.68. The van der Waals surface area contributed by atoms with Gasteiger partial charge in [0.1, 0.15) is 24.4 Å². The molecule has 0 spiro atoms. The first kappa shape index (κ1) is 30.0. The van der Waals surface area contributed by atoms with E-state index in [4.69, 9.17) is 4.74 Å². The van der Waals surface area contributed by atoms with Crippen LogP contribution in [0.4, 0.5) is 0 Å². The van der Waals surface area contributed by atoms with Crippen molar-refractivity contribution in [2.45, 2.75) is 135 Å². The normalized spacial score (nSPS) is 50.6. The Morgan fingerprint density at radius 3 is 2.36 bits per heavy atom. The number of hydrogen-bond acceptors (Lipinski definition) is 6. The van der Waals surface area contributed by atoms with E-state index < -0.39 is 43.2 Å². The summed E-state index contributed by atoms with van der Waals surface area (Å²) in [6.07, 6.45) is 7.44. The highest BCUT2D eigenvalue weighted by Gasteiger charge is 2.63. The fourth-order valence-electron chi connectivity index (χ4n) is 10.8. The number of rotatable bonds is 7. The molecule has 1 saturated heterocycles. The van der Waals surface area contributed by atoms with Crippen molar-refractivity contribution in [2.24, 2.45) is 52.3 Å². The number of aliphatic hydroxyl groups is 5. The second-order valence-corrected chi connectivity index (χ2v) is 15.1. The van der Waals surface area contributed by atoms with Crippen LogP contribution in [0.1, 0.15) is 98.8 Å². The van der Waals surface area contributed by atoms with Crippen LogP contribution in [0.15, 0.2) is 11.6 Å². The van der Waals surface area contributed by atoms with Gasteiger partial charge in [0.2, 0.25) is 0 Å². The first-order chi connectivity index (χ1) is 18.4. The van der Waals surface area contributed by atoms with Gasteiger partial charge in [0.05, 0.1) is 18.8 Å². The fraction of sp³-hybridized carbons (Fsp3) is 0.939. The number of fused-ring (bicyclic) bond motifs is 5. The summed E-state index contributed by atoms with van der Waals surface area (Å²) in [6, 6.07) is 0. The van der Waals surface area contributed by atoms with Gasteiger partial charge in [0, 0.05) is 0 Å². The zero-order valence-electron chi connectivity index (χ0n) is 25.0. The van der Waals surface area contributed by atoms with E-state index in [0.717, 1.165) is 30.6 Å². The van der Waals surface area contributed by atoms with E-state index in [-0.39, 0.29) is 11.3 Å². The third-order valence-electron chi connectivity index (χ3n) is 12.8. The van der Waals surface area contributed by atoms with Crippen LogP contribution in [-0.2, 0) is 4.74 Å². The maximum atomic E-state index is 11.1. The van der Waals surface area contributed by atoms with E-state index in [0.29, 0.717) is 36.0 Å². The van der Waals surface area contributed by atoms with Crippen LogP contribution in [-0.4, -0.2) is 68.8 Å². The lowest BCUT2D eigenvalue weighted by Gasteiger charge is -2.62. The molecular formula is C33H56O6. The Balaban J connectivity index is 1.41. The molecule has 6 heteroatoms. The summed E-state index contributed by atoms with van der Waals surface area (Å²) in [5, 5.41) is 53.0. The van der Waals surface area contributed by atoms with Gasteiger partial charge in [-0.2, -0.15) is 0 Å². The molecule has 1 heterocycles. The molecule has 4 aliphatic carbocycles. The first-order valence-corrected chi connectivity index (χ1v) is 16.1. The minimum atomic E-state index is -1.38. The maximum absolute atomic E-state index is 11.1. The van der Waals surface area contributed by atoms with E-state index in [9.17, 15) is 25.5 Å². The molecule has 2 unspecified atom stereocenters. The fourth-order valence-corrected chi connectivity index (χ4v) is 10.8. The van der Waals surface area contributed by atoms with Gasteiger partial charge < -0.3 is 30.3 Å². The molecule has 0 bridgehead atoms. The Morgan fingerprint density at radius 2 is 1.67 bits per heavy atom. The van der Waals surface area contributed by atoms with Gasteiger partial charge >= 0.3 is 0 Å². The predicted octanol–water partition coefficient (Wildman–Crippen LogP) is 4.46. The average Bonchev–Trinajstić information content (AvgIpc) is 3.25. The summed E-state index contributed by atoms with van der Waals surface area (Å²) in [6.45, 7) is 11.7. The topological polar surface area (TPSA) is 110 Å². The molecular weight excluding hydrogens is 492 g/mol. The summed E-state index contributed by atoms with van der Waals surface area (Å²) >= 11 is 0. The zero-order valence-corrected chi connectivity index (χ0v) is 25.0. The van der Waals surface area contributed by atoms with Gasteiger partial charge in [0.25, 0.3) is 0 Å². The van der Waals surface area contributed by atoms with Crippen molar-refractivity contribution in [3.05, 3.63) is 11.6 Å². The number of hydrogen-bond donors (Lipinski definition) is 5. The molecule has 4 fully saturated rings. The highest BCUT2D eigenvalue weighted by molar-refractivity contribution is 5.28. The molecule has 0 aromatic carbocycles. The molecule has 0 aromatic heterocycles. The van der Waals surface area contributed by atoms with E-state index in [1.165, 1.54) is 44.1 Å². The summed E-state index contributed by atoms with van der Waals surface area (Å²) in [4.78, 5) is 0. The standard InChI is InChI=1S/C33H56O6/c1-18(2)7-6-8-19(3)23-11-12-24-22-10-9-20-15-21(35)16-26(33(20,5)25(22)13-14-32(23,24)4)31-30(38)29(37)28(36)27(17-34)39-31/h9,18-19,21-31,34-38H,6-8,10-17H2,1-5H3/t19-,21-,22+,23-,24+,25+,26?,27-,28+,29+,30-,31?,32-,33+/m1/s1. The zero-order chi connectivity index (χ0) is 28.3. The SMILES string of the molecule is CC(C)CCC[C@@H](C)[C@H]1CC[C@H]2[C@@H]3CC=C4C[C@@H](O)CC(C5O[C@H](CO)[C@H](O)[C@H](O)[C@H]5O)[C@]4(C)[C@H]3CC[C@]12C. The quantitative estimate of drug-likeness (QED) is 0.301. The molecule has 224 valence electrons. The van der Waals surface area contributed by atoms with E-state index in [2.05, 4.69) is 40.7 Å². The molecule has 3 saturated carbocycles. The molecule has 0 amide bonds. The Bertz CT molecular complexity index is 887. The molecule has 5 rings (SSSR count). The number of allylic oxidation sites excluding steroid dienone is 1. The molecule has 5 N–H and O–H groups in total. The number of ether oxygens (including phenoxy) is 1. The third kappa shape index (κ3) is 4.97. The highest BCUT2D eigenvalue weighted by atomic mass is 16.5. The lowest BCUT2D eigenvalue weighted by molar-refractivity contribution is -0.258. The lowest BCUT2D eigenvalue weighted by atomic mass is 9.44. The van der Waals surface area contributed by atoms with Crippen molar-refractivity contribution >= 4 is 0 Å². The van der Waals surface area contributed by atoms with Crippen molar-refractivity contribution in [1.29, 1.82) is 0 Å². The van der Waals surface area contributed by atoms with Gasteiger partial charge in [-0.25, -0.2) is 0 Å². The van der Waals surface area contributed by atoms with Gasteiger partial charge in [0.15, 0.2) is 0 Å². The molecule has 6 nitrogen and oxygen atoms in total. The monoisotopic (exact) mass is 548 g/mol. The largest absolute Gasteiger partial charge is 0.394 e. The van der Waals surface area contributed by atoms with Gasteiger partial charge in [-0.15, -0.1) is 0 Å². The Labute approximate surface area is 236 Å². The molecule has 5 aliphatic rings. The van der Waals surface area contributed by atoms with Crippen LogP contribution in [0.5, 0.6) is 0 Å². The second-order valence-electron chi connectivity index (χ2n) is 15.1. The molecule has 39 heavy (non-hydrogen) atoms. The van der Waals surface area contributed by atoms with E-state index >= 15 is 0 Å². The van der Waals surface area contributed by atoms with E-state index in [1.807, 2.05) is 0 Å². The van der Waals surface area contributed by atoms with Crippen LogP contribution in [0, 0.1) is 52.3 Å². The van der Waals surface area contributed by atoms with Crippen LogP contribution in [0.3, 0.4) is 0 Å².